The van der Waals surface area contributed by atoms with Crippen molar-refractivity contribution in [3.63, 3.8) is 0 Å². The lowest BCUT2D eigenvalue weighted by Gasteiger charge is -2.36. The van der Waals surface area contributed by atoms with Crippen molar-refractivity contribution in [2.45, 2.75) is 45.8 Å². The number of thiazole rings is 1. The third kappa shape index (κ3) is 5.68. The number of piperazine rings is 1. The van der Waals surface area contributed by atoms with E-state index in [9.17, 15) is 0 Å². The van der Waals surface area contributed by atoms with Crippen molar-refractivity contribution in [2.24, 2.45) is 0 Å². The van der Waals surface area contributed by atoms with Gasteiger partial charge in [0.05, 0.1) is 18.3 Å². The van der Waals surface area contributed by atoms with Gasteiger partial charge in [-0.25, -0.2) is 4.98 Å². The minimum atomic E-state index is 0.344. The molecule has 0 aliphatic carbocycles. The van der Waals surface area contributed by atoms with E-state index >= 15 is 0 Å². The Morgan fingerprint density at radius 3 is 2.50 bits per heavy atom. The highest BCUT2D eigenvalue weighted by Crippen LogP contribution is 2.24. The first-order valence-electron chi connectivity index (χ1n) is 9.82. The van der Waals surface area contributed by atoms with Crippen LogP contribution in [-0.2, 0) is 4.74 Å². The van der Waals surface area contributed by atoms with Gasteiger partial charge in [0.15, 0.2) is 5.13 Å². The monoisotopic (exact) mass is 376 g/mol. The average Bonchev–Trinajstić information content (AvgIpc) is 3.09. The van der Waals surface area contributed by atoms with E-state index in [4.69, 9.17) is 4.74 Å². The molecule has 0 radical (unpaired) electrons. The van der Waals surface area contributed by atoms with E-state index in [1.807, 2.05) is 0 Å². The Bertz CT molecular complexity index is 605. The van der Waals surface area contributed by atoms with Crippen LogP contribution >= 0.6 is 11.3 Å². The molecule has 1 aromatic heterocycles. The maximum Gasteiger partial charge on any atom is 0.185 e. The fraction of sp³-hybridized carbons (Fsp3) is 0.750. The van der Waals surface area contributed by atoms with Crippen LogP contribution in [0.15, 0.2) is 5.38 Å². The Labute approximate surface area is 162 Å². The normalized spacial score (nSPS) is 20.4. The Morgan fingerprint density at radius 1 is 1.15 bits per heavy atom. The minimum absolute atomic E-state index is 0.344. The Morgan fingerprint density at radius 2 is 1.88 bits per heavy atom. The second kappa shape index (κ2) is 9.70. The van der Waals surface area contributed by atoms with Crippen molar-refractivity contribution >= 4 is 16.5 Å². The quantitative estimate of drug-likeness (QED) is 0.737. The van der Waals surface area contributed by atoms with E-state index in [2.05, 4.69) is 57.7 Å². The first-order chi connectivity index (χ1) is 12.6. The molecule has 0 bridgehead atoms. The third-order valence-corrected chi connectivity index (χ3v) is 6.29. The standard InChI is InChI=1S/C20H32N4OS/c1-17(2)23-13-11-22(12-14-23)8-4-5-15-25-19-6-9-24(10-7-19)20-21-18(3)16-26-20/h16-17,19H,6-15H2,1-3H3. The number of anilines is 1. The number of hydrogen-bond acceptors (Lipinski definition) is 6. The highest BCUT2D eigenvalue weighted by Gasteiger charge is 2.21. The van der Waals surface area contributed by atoms with Gasteiger partial charge < -0.3 is 9.64 Å². The van der Waals surface area contributed by atoms with Crippen molar-refractivity contribution in [1.82, 2.24) is 14.8 Å². The molecule has 0 amide bonds. The van der Waals surface area contributed by atoms with Gasteiger partial charge in [-0.15, -0.1) is 11.3 Å². The molecule has 0 N–H and O–H groups in total. The largest absolute Gasteiger partial charge is 0.365 e. The van der Waals surface area contributed by atoms with E-state index in [-0.39, 0.29) is 0 Å². The zero-order valence-electron chi connectivity index (χ0n) is 16.4. The van der Waals surface area contributed by atoms with Crippen molar-refractivity contribution in [2.75, 3.05) is 57.3 Å². The van der Waals surface area contributed by atoms with Gasteiger partial charge in [0.2, 0.25) is 0 Å². The predicted molar refractivity (Wildman–Crippen MR) is 109 cm³/mol. The zero-order chi connectivity index (χ0) is 18.4. The molecule has 0 atom stereocenters. The van der Waals surface area contributed by atoms with E-state index in [0.717, 1.165) is 69.5 Å². The molecule has 0 unspecified atom stereocenters. The number of aryl methyl sites for hydroxylation is 1. The minimum Gasteiger partial charge on any atom is -0.365 e. The van der Waals surface area contributed by atoms with Gasteiger partial charge in [-0.05, 0) is 33.6 Å². The highest BCUT2D eigenvalue weighted by molar-refractivity contribution is 7.13. The highest BCUT2D eigenvalue weighted by atomic mass is 32.1. The van der Waals surface area contributed by atoms with Gasteiger partial charge in [0, 0.05) is 50.7 Å². The van der Waals surface area contributed by atoms with Crippen LogP contribution in [0.5, 0.6) is 0 Å². The molecule has 26 heavy (non-hydrogen) atoms. The first kappa shape index (κ1) is 19.6. The maximum absolute atomic E-state index is 5.97. The van der Waals surface area contributed by atoms with Crippen LogP contribution < -0.4 is 4.90 Å². The molecule has 3 heterocycles. The number of nitrogens with zero attached hydrogens (tertiary/aromatic N) is 4. The summed E-state index contributed by atoms with van der Waals surface area (Å²) in [7, 11) is 0. The van der Waals surface area contributed by atoms with E-state index in [0.29, 0.717) is 18.8 Å². The smallest absolute Gasteiger partial charge is 0.185 e. The van der Waals surface area contributed by atoms with E-state index < -0.39 is 0 Å². The van der Waals surface area contributed by atoms with Gasteiger partial charge >= 0.3 is 0 Å². The summed E-state index contributed by atoms with van der Waals surface area (Å²) in [6, 6.07) is 0.655. The Kier molecular flexibility index (Phi) is 7.32. The number of rotatable bonds is 5. The van der Waals surface area contributed by atoms with Crippen molar-refractivity contribution in [3.8, 4) is 11.8 Å². The molecular formula is C20H32N4OS. The molecule has 6 heteroatoms. The molecule has 0 aromatic carbocycles. The summed E-state index contributed by atoms with van der Waals surface area (Å²) in [5, 5.41) is 3.27. The number of hydrogen-bond donors (Lipinski definition) is 0. The lowest BCUT2D eigenvalue weighted by atomic mass is 10.1. The fourth-order valence-corrected chi connectivity index (χ4v) is 4.37. The second-order valence-corrected chi connectivity index (χ2v) is 8.36. The molecule has 3 rings (SSSR count). The van der Waals surface area contributed by atoms with E-state index in [1.165, 1.54) is 0 Å². The van der Waals surface area contributed by atoms with Gasteiger partial charge in [0.1, 0.15) is 6.61 Å². The predicted octanol–water partition coefficient (Wildman–Crippen LogP) is 2.47. The molecule has 0 spiro atoms. The molecule has 2 saturated heterocycles. The van der Waals surface area contributed by atoms with Crippen molar-refractivity contribution < 1.29 is 4.74 Å². The molecular weight excluding hydrogens is 344 g/mol. The number of piperidine rings is 1. The van der Waals surface area contributed by atoms with Crippen LogP contribution in [0.1, 0.15) is 32.4 Å². The average molecular weight is 377 g/mol. The van der Waals surface area contributed by atoms with Crippen LogP contribution in [0.25, 0.3) is 0 Å². The fourth-order valence-electron chi connectivity index (χ4n) is 3.52. The first-order valence-corrected chi connectivity index (χ1v) is 10.7. The van der Waals surface area contributed by atoms with Gasteiger partial charge in [-0.2, -0.15) is 0 Å². The molecule has 2 aliphatic heterocycles. The SMILES string of the molecule is Cc1csc(N2CCC(OCC#CCN3CCN(C(C)C)CC3)CC2)n1. The summed E-state index contributed by atoms with van der Waals surface area (Å²) in [5.74, 6) is 6.50. The Balaban J connectivity index is 1.29. The molecule has 1 aromatic rings. The summed E-state index contributed by atoms with van der Waals surface area (Å²) < 4.78 is 5.97. The molecule has 144 valence electrons. The molecule has 2 fully saturated rings. The molecule has 0 saturated carbocycles. The lowest BCUT2D eigenvalue weighted by Crippen LogP contribution is -2.48. The topological polar surface area (TPSA) is 31.8 Å². The summed E-state index contributed by atoms with van der Waals surface area (Å²) in [5.41, 5.74) is 1.12. The Hall–Kier alpha value is -1.13. The summed E-state index contributed by atoms with van der Waals surface area (Å²) in [6.45, 7) is 14.7. The number of aromatic nitrogens is 1. The van der Waals surface area contributed by atoms with Gasteiger partial charge in [0.25, 0.3) is 0 Å². The summed E-state index contributed by atoms with van der Waals surface area (Å²) in [6.07, 6.45) is 2.48. The van der Waals surface area contributed by atoms with Crippen LogP contribution in [0, 0.1) is 18.8 Å². The molecule has 2 aliphatic rings. The van der Waals surface area contributed by atoms with Gasteiger partial charge in [-0.3, -0.25) is 9.80 Å². The zero-order valence-corrected chi connectivity index (χ0v) is 17.2. The van der Waals surface area contributed by atoms with Crippen molar-refractivity contribution in [1.29, 1.82) is 0 Å². The van der Waals surface area contributed by atoms with Crippen LogP contribution in [-0.4, -0.2) is 79.3 Å². The maximum atomic E-state index is 5.97. The lowest BCUT2D eigenvalue weighted by molar-refractivity contribution is 0.0594. The van der Waals surface area contributed by atoms with Crippen LogP contribution in [0.3, 0.4) is 0 Å². The van der Waals surface area contributed by atoms with E-state index in [1.54, 1.807) is 11.3 Å². The summed E-state index contributed by atoms with van der Waals surface area (Å²) >= 11 is 1.74. The van der Waals surface area contributed by atoms with Crippen molar-refractivity contribution in [3.05, 3.63) is 11.1 Å². The van der Waals surface area contributed by atoms with Gasteiger partial charge in [-0.1, -0.05) is 11.8 Å². The van der Waals surface area contributed by atoms with Crippen LogP contribution in [0.4, 0.5) is 5.13 Å². The second-order valence-electron chi connectivity index (χ2n) is 7.53. The van der Waals surface area contributed by atoms with Crippen LogP contribution in [0.2, 0.25) is 0 Å². The number of ether oxygens (including phenoxy) is 1. The third-order valence-electron chi connectivity index (χ3n) is 5.28. The summed E-state index contributed by atoms with van der Waals surface area (Å²) in [4.78, 5) is 11.9. The molecule has 5 nitrogen and oxygen atoms in total.